The summed E-state index contributed by atoms with van der Waals surface area (Å²) < 4.78 is 10.3. The molecule has 132 valence electrons. The highest BCUT2D eigenvalue weighted by Crippen LogP contribution is 2.36. The van der Waals surface area contributed by atoms with Crippen LogP contribution in [0.1, 0.15) is 50.5 Å². The van der Waals surface area contributed by atoms with Gasteiger partial charge in [-0.1, -0.05) is 19.3 Å². The standard InChI is InChI=1S/C13H19N5.C4H8OS/c14-11(9-4-2-1-3-5-9)12-10-6-7-16-13(10)17-8-18(12)15;1-6(5)4-2-3-4/h6-9,16H,1-5,14-15H2;4H,2-3H2,1H3/b12-11-;. The van der Waals surface area contributed by atoms with Crippen LogP contribution < -0.4 is 11.6 Å². The van der Waals surface area contributed by atoms with E-state index in [4.69, 9.17) is 11.6 Å². The molecule has 1 aromatic rings. The van der Waals surface area contributed by atoms with Crippen molar-refractivity contribution in [1.82, 2.24) is 9.99 Å². The van der Waals surface area contributed by atoms with Gasteiger partial charge in [-0.15, -0.1) is 0 Å². The van der Waals surface area contributed by atoms with E-state index >= 15 is 0 Å². The molecule has 2 aliphatic carbocycles. The lowest BCUT2D eigenvalue weighted by atomic mass is 9.85. The Hall–Kier alpha value is -1.60. The van der Waals surface area contributed by atoms with Gasteiger partial charge in [-0.05, 0) is 31.7 Å². The summed E-state index contributed by atoms with van der Waals surface area (Å²) in [6, 6.07) is 1.98. The lowest BCUT2D eigenvalue weighted by molar-refractivity contribution is 0.397. The summed E-state index contributed by atoms with van der Waals surface area (Å²) in [6.07, 6.45) is 13.8. The van der Waals surface area contributed by atoms with E-state index in [-0.39, 0.29) is 0 Å². The molecule has 24 heavy (non-hydrogen) atoms. The maximum atomic E-state index is 10.3. The number of aromatic nitrogens is 1. The largest absolute Gasteiger partial charge is 0.400 e. The smallest absolute Gasteiger partial charge is 0.141 e. The van der Waals surface area contributed by atoms with E-state index in [0.29, 0.717) is 11.2 Å². The minimum atomic E-state index is -0.506. The molecule has 2 saturated carbocycles. The fourth-order valence-corrected chi connectivity index (χ4v) is 4.09. The van der Waals surface area contributed by atoms with Gasteiger partial charge in [0.15, 0.2) is 0 Å². The van der Waals surface area contributed by atoms with Crippen molar-refractivity contribution < 1.29 is 4.21 Å². The van der Waals surface area contributed by atoms with Gasteiger partial charge in [0, 0.05) is 45.7 Å². The number of hydrazine groups is 1. The molecule has 1 aliphatic heterocycles. The van der Waals surface area contributed by atoms with Gasteiger partial charge in [0.05, 0.1) is 5.70 Å². The average molecular weight is 350 g/mol. The van der Waals surface area contributed by atoms with E-state index in [1.807, 2.05) is 12.3 Å². The lowest BCUT2D eigenvalue weighted by Gasteiger charge is -2.28. The van der Waals surface area contributed by atoms with Crippen LogP contribution >= 0.6 is 0 Å². The quantitative estimate of drug-likeness (QED) is 0.714. The lowest BCUT2D eigenvalue weighted by Crippen LogP contribution is -2.33. The Bertz CT molecular complexity index is 656. The highest BCUT2D eigenvalue weighted by atomic mass is 32.2. The average Bonchev–Trinajstić information content (AvgIpc) is 3.35. The minimum Gasteiger partial charge on any atom is -0.400 e. The van der Waals surface area contributed by atoms with Crippen LogP contribution in [0.15, 0.2) is 23.0 Å². The molecule has 5 N–H and O–H groups in total. The summed E-state index contributed by atoms with van der Waals surface area (Å²) in [6.45, 7) is 0. The molecule has 2 fully saturated rings. The summed E-state index contributed by atoms with van der Waals surface area (Å²) in [5.41, 5.74) is 9.19. The number of aromatic amines is 1. The molecule has 3 aliphatic rings. The first-order valence-electron chi connectivity index (χ1n) is 8.65. The number of nitrogens with one attached hydrogen (secondary N) is 1. The Morgan fingerprint density at radius 2 is 2.00 bits per heavy atom. The van der Waals surface area contributed by atoms with Gasteiger partial charge in [-0.2, -0.15) is 0 Å². The predicted molar refractivity (Wildman–Crippen MR) is 99.7 cm³/mol. The van der Waals surface area contributed by atoms with Crippen molar-refractivity contribution in [3.63, 3.8) is 0 Å². The van der Waals surface area contributed by atoms with E-state index < -0.39 is 10.8 Å². The Balaban J connectivity index is 0.000000238. The second kappa shape index (κ2) is 7.53. The van der Waals surface area contributed by atoms with Crippen LogP contribution in [0.25, 0.3) is 5.70 Å². The normalized spacial score (nSPS) is 24.0. The van der Waals surface area contributed by atoms with Crippen LogP contribution in [0.2, 0.25) is 0 Å². The van der Waals surface area contributed by atoms with Crippen LogP contribution in [0.3, 0.4) is 0 Å². The second-order valence-electron chi connectivity index (χ2n) is 6.73. The number of aliphatic imine (C=N–C) groups is 1. The zero-order chi connectivity index (χ0) is 17.1. The van der Waals surface area contributed by atoms with Crippen molar-refractivity contribution in [1.29, 1.82) is 0 Å². The van der Waals surface area contributed by atoms with E-state index in [1.165, 1.54) is 44.9 Å². The fourth-order valence-electron chi connectivity index (χ4n) is 3.29. The summed E-state index contributed by atoms with van der Waals surface area (Å²) in [7, 11) is -0.506. The van der Waals surface area contributed by atoms with E-state index in [9.17, 15) is 4.21 Å². The van der Waals surface area contributed by atoms with E-state index in [2.05, 4.69) is 9.98 Å². The third-order valence-electron chi connectivity index (χ3n) is 4.86. The Morgan fingerprint density at radius 1 is 1.29 bits per heavy atom. The number of H-pyrrole nitrogens is 1. The first-order chi connectivity index (χ1) is 11.6. The molecule has 2 heterocycles. The van der Waals surface area contributed by atoms with Gasteiger partial charge in [0.1, 0.15) is 12.2 Å². The molecule has 6 nitrogen and oxygen atoms in total. The van der Waals surface area contributed by atoms with Crippen LogP contribution in [0.4, 0.5) is 5.82 Å². The molecule has 1 aromatic heterocycles. The molecule has 0 saturated heterocycles. The number of hydrogen-bond donors (Lipinski definition) is 3. The number of nitrogens with zero attached hydrogens (tertiary/aromatic N) is 2. The maximum absolute atomic E-state index is 10.3. The first kappa shape index (κ1) is 17.2. The van der Waals surface area contributed by atoms with Gasteiger partial charge in [-0.3, -0.25) is 9.22 Å². The van der Waals surface area contributed by atoms with E-state index in [1.54, 1.807) is 17.6 Å². The third-order valence-corrected chi connectivity index (χ3v) is 6.27. The molecule has 0 spiro atoms. The highest BCUT2D eigenvalue weighted by molar-refractivity contribution is 7.85. The van der Waals surface area contributed by atoms with Gasteiger partial charge in [-0.25, -0.2) is 10.8 Å². The minimum absolute atomic E-state index is 0.453. The Morgan fingerprint density at radius 3 is 2.58 bits per heavy atom. The molecule has 0 bridgehead atoms. The Kier molecular flexibility index (Phi) is 5.40. The molecular formula is C17H27N5OS. The molecule has 0 radical (unpaired) electrons. The van der Waals surface area contributed by atoms with Gasteiger partial charge in [0.25, 0.3) is 0 Å². The second-order valence-corrected chi connectivity index (χ2v) is 8.39. The van der Waals surface area contributed by atoms with Crippen LogP contribution in [-0.2, 0) is 10.8 Å². The summed E-state index contributed by atoms with van der Waals surface area (Å²) in [4.78, 5) is 7.34. The van der Waals surface area contributed by atoms with Crippen molar-refractivity contribution in [2.45, 2.75) is 50.2 Å². The molecule has 0 amide bonds. The van der Waals surface area contributed by atoms with Crippen molar-refractivity contribution in [2.75, 3.05) is 6.26 Å². The molecule has 1 atom stereocenters. The monoisotopic (exact) mass is 349 g/mol. The van der Waals surface area contributed by atoms with E-state index in [0.717, 1.165) is 22.8 Å². The van der Waals surface area contributed by atoms with Crippen LogP contribution in [0.5, 0.6) is 0 Å². The van der Waals surface area contributed by atoms with Gasteiger partial charge in [0.2, 0.25) is 0 Å². The number of hydrogen-bond acceptors (Lipinski definition) is 5. The SMILES string of the molecule is CS(=O)C1CC1.N/C(=C1/c2cc[nH]c2N=CN1N)C1CCCCC1. The van der Waals surface area contributed by atoms with Crippen molar-refractivity contribution in [2.24, 2.45) is 22.5 Å². The van der Waals surface area contributed by atoms with Crippen LogP contribution in [-0.4, -0.2) is 32.0 Å². The maximum Gasteiger partial charge on any atom is 0.141 e. The van der Waals surface area contributed by atoms with Crippen molar-refractivity contribution >= 4 is 28.7 Å². The molecule has 1 unspecified atom stereocenters. The number of allylic oxidation sites excluding steroid dienone is 1. The predicted octanol–water partition coefficient (Wildman–Crippen LogP) is 2.60. The summed E-state index contributed by atoms with van der Waals surface area (Å²) in [5.74, 6) is 7.28. The number of rotatable bonds is 2. The fraction of sp³-hybridized carbons (Fsp3) is 0.588. The first-order valence-corrected chi connectivity index (χ1v) is 10.3. The van der Waals surface area contributed by atoms with Gasteiger partial charge < -0.3 is 10.7 Å². The zero-order valence-corrected chi connectivity index (χ0v) is 15.0. The topological polar surface area (TPSA) is 100 Å². The van der Waals surface area contributed by atoms with Crippen molar-refractivity contribution in [3.05, 3.63) is 23.5 Å². The van der Waals surface area contributed by atoms with Gasteiger partial charge >= 0.3 is 0 Å². The Labute approximate surface area is 145 Å². The molecule has 4 rings (SSSR count). The zero-order valence-electron chi connectivity index (χ0n) is 14.2. The highest BCUT2D eigenvalue weighted by Gasteiger charge is 2.25. The molecule has 7 heteroatoms. The third kappa shape index (κ3) is 3.89. The molecular weight excluding hydrogens is 322 g/mol. The van der Waals surface area contributed by atoms with Crippen molar-refractivity contribution in [3.8, 4) is 0 Å². The summed E-state index contributed by atoms with van der Waals surface area (Å²) in [5, 5.41) is 2.12. The number of fused-ring (bicyclic) bond motifs is 1. The van der Waals surface area contributed by atoms with Crippen LogP contribution in [0, 0.1) is 5.92 Å². The summed E-state index contributed by atoms with van der Waals surface area (Å²) >= 11 is 0. The number of nitrogens with two attached hydrogens (primary N) is 2. The molecule has 0 aromatic carbocycles.